The molecule has 1 nitrogen and oxygen atoms in total. The van der Waals surface area contributed by atoms with Gasteiger partial charge in [-0.05, 0) is 11.1 Å². The predicted molar refractivity (Wildman–Crippen MR) is 141 cm³/mol. The first-order chi connectivity index (χ1) is 15.8. The van der Waals surface area contributed by atoms with Crippen molar-refractivity contribution in [1.82, 2.24) is 3.26 Å². The van der Waals surface area contributed by atoms with Crippen molar-refractivity contribution in [3.05, 3.63) is 80.7 Å². The molecule has 4 fully saturated rings. The van der Waals surface area contributed by atoms with Crippen molar-refractivity contribution in [2.45, 2.75) is 65.6 Å². The molecule has 173 valence electrons. The quantitative estimate of drug-likeness (QED) is 0.392. The minimum absolute atomic E-state index is 0.555. The first kappa shape index (κ1) is 23.7. The molecule has 0 saturated heterocycles. The molecule has 4 bridgehead atoms. The third-order valence-electron chi connectivity index (χ3n) is 9.18. The molecular formula is C30H40NSiZr. The summed E-state index contributed by atoms with van der Waals surface area (Å²) >= 11 is -1.60. The van der Waals surface area contributed by atoms with E-state index in [1.165, 1.54) is 11.1 Å². The van der Waals surface area contributed by atoms with E-state index in [-0.39, 0.29) is 0 Å². The van der Waals surface area contributed by atoms with Crippen molar-refractivity contribution in [3.8, 4) is 11.1 Å². The van der Waals surface area contributed by atoms with Crippen LogP contribution in [0.25, 0.3) is 11.1 Å². The fraction of sp³-hybridized carbons (Fsp3) is 0.467. The minimum atomic E-state index is -1.60. The van der Waals surface area contributed by atoms with E-state index in [9.17, 15) is 0 Å². The van der Waals surface area contributed by atoms with E-state index >= 15 is 0 Å². The molecule has 3 heteroatoms. The fourth-order valence-corrected chi connectivity index (χ4v) is 24.9. The van der Waals surface area contributed by atoms with Gasteiger partial charge in [0.1, 0.15) is 0 Å². The number of allylic oxidation sites excluding steroid dienone is 4. The summed E-state index contributed by atoms with van der Waals surface area (Å²) in [5.74, 6) is 3.64. The maximum Gasteiger partial charge on any atom is -0.0184 e. The summed E-state index contributed by atoms with van der Waals surface area (Å²) < 4.78 is 6.41. The summed E-state index contributed by atoms with van der Waals surface area (Å²) in [5, 5.41) is 0. The van der Waals surface area contributed by atoms with Crippen molar-refractivity contribution >= 4 is 5.92 Å². The van der Waals surface area contributed by atoms with Gasteiger partial charge in [0.15, 0.2) is 0 Å². The zero-order valence-corrected chi connectivity index (χ0v) is 24.9. The van der Waals surface area contributed by atoms with Gasteiger partial charge in [-0.3, -0.25) is 0 Å². The number of hydrogen-bond donors (Lipinski definition) is 1. The molecule has 0 spiro atoms. The van der Waals surface area contributed by atoms with Gasteiger partial charge in [-0.25, -0.2) is 0 Å². The second-order valence-electron chi connectivity index (χ2n) is 11.4. The number of hydrogen-bond acceptors (Lipinski definition) is 1. The van der Waals surface area contributed by atoms with Crippen LogP contribution in [0.15, 0.2) is 80.7 Å². The Kier molecular flexibility index (Phi) is 6.62. The summed E-state index contributed by atoms with van der Waals surface area (Å²) in [5.41, 5.74) is 8.15. The number of rotatable bonds is 5. The molecular weight excluding hydrogens is 494 g/mol. The zero-order chi connectivity index (χ0) is 23.3. The Hall–Kier alpha value is -1.02. The molecule has 1 atom stereocenters. The van der Waals surface area contributed by atoms with Gasteiger partial charge in [0.2, 0.25) is 0 Å². The topological polar surface area (TPSA) is 12.0 Å². The molecule has 4 saturated carbocycles. The van der Waals surface area contributed by atoms with Crippen LogP contribution < -0.4 is 3.26 Å². The van der Waals surface area contributed by atoms with E-state index in [0.717, 1.165) is 23.7 Å². The first-order valence-corrected chi connectivity index (χ1v) is 22.6. The van der Waals surface area contributed by atoms with E-state index in [4.69, 9.17) is 0 Å². The van der Waals surface area contributed by atoms with Crippen LogP contribution in [0.4, 0.5) is 0 Å². The van der Waals surface area contributed by atoms with Crippen molar-refractivity contribution in [3.63, 3.8) is 0 Å². The predicted octanol–water partition coefficient (Wildman–Crippen LogP) is 7.50. The average Bonchev–Trinajstić information content (AvgIpc) is 3.24. The molecule has 7 rings (SSSR count). The van der Waals surface area contributed by atoms with Gasteiger partial charge >= 0.3 is 140 Å². The molecule has 0 aromatic heterocycles. The molecule has 0 amide bonds. The number of nitrogens with one attached hydrogen (secondary N) is 1. The minimum Gasteiger partial charge on any atom is -0.0622 e. The van der Waals surface area contributed by atoms with Crippen LogP contribution in [0.1, 0.15) is 47.0 Å². The van der Waals surface area contributed by atoms with E-state index < -0.39 is 27.1 Å². The van der Waals surface area contributed by atoms with Gasteiger partial charge in [0.25, 0.3) is 0 Å². The molecule has 0 heterocycles. The molecule has 2 aromatic carbocycles. The van der Waals surface area contributed by atoms with E-state index in [0.29, 0.717) is 5.54 Å². The Balaban J connectivity index is 0.000000162. The molecule has 1 N–H and O–H groups in total. The Morgan fingerprint density at radius 3 is 1.58 bits per heavy atom. The smallest absolute Gasteiger partial charge is 0.0184 e. The SMILES string of the molecule is CC1=C(C)C(C)[C]([Zr]([NH]C23CC4C(C2)C4C3)[SiH](C)C)=C1C.c1ccc(-c2ccccc2)cc1. The standard InChI is InChI=1S/C12H10.C9H13.C7H10N.C2H7Si.Zr/c1-3-7-11(8-4-1)12-9-5-2-6-10-12;1-6-5-7(2)9(4)8(6)3;8-7-1-4-5(2-7)6(4)3-7;1-3-2;/h1-10H;6H,1-4H3;4-6,8H,1-3H2;3H,1-2H3;/q;;-1;;+1. The second-order valence-corrected chi connectivity index (χ2v) is 29.6. The molecule has 5 aliphatic carbocycles. The van der Waals surface area contributed by atoms with Gasteiger partial charge < -0.3 is 0 Å². The summed E-state index contributed by atoms with van der Waals surface area (Å²) in [6, 6.07) is 20.8. The molecule has 5 aliphatic rings. The molecule has 0 radical (unpaired) electrons. The van der Waals surface area contributed by atoms with Crippen LogP contribution in [0.2, 0.25) is 13.1 Å². The van der Waals surface area contributed by atoms with Crippen molar-refractivity contribution in [2.24, 2.45) is 23.7 Å². The van der Waals surface area contributed by atoms with E-state index in [1.807, 2.05) is 15.4 Å². The summed E-state index contributed by atoms with van der Waals surface area (Å²) in [4.78, 5) is 0. The van der Waals surface area contributed by atoms with Gasteiger partial charge in [0.05, 0.1) is 0 Å². The van der Waals surface area contributed by atoms with Crippen LogP contribution in [-0.2, 0) is 21.2 Å². The van der Waals surface area contributed by atoms with Gasteiger partial charge in [-0.15, -0.1) is 0 Å². The normalized spacial score (nSPS) is 31.2. The monoisotopic (exact) mass is 532 g/mol. The first-order valence-electron chi connectivity index (χ1n) is 13.0. The largest absolute Gasteiger partial charge is 0.0622 e. The molecule has 0 aliphatic heterocycles. The van der Waals surface area contributed by atoms with E-state index in [2.05, 4.69) is 92.6 Å². The Morgan fingerprint density at radius 1 is 0.758 bits per heavy atom. The van der Waals surface area contributed by atoms with Gasteiger partial charge in [-0.1, -0.05) is 60.7 Å². The van der Waals surface area contributed by atoms with E-state index in [1.54, 1.807) is 36.0 Å². The van der Waals surface area contributed by atoms with Crippen molar-refractivity contribution in [2.75, 3.05) is 0 Å². The zero-order valence-electron chi connectivity index (χ0n) is 21.3. The summed E-state index contributed by atoms with van der Waals surface area (Å²) in [6.45, 7) is 14.9. The average molecular weight is 534 g/mol. The Labute approximate surface area is 210 Å². The second kappa shape index (κ2) is 9.21. The van der Waals surface area contributed by atoms with Crippen molar-refractivity contribution < 1.29 is 21.2 Å². The van der Waals surface area contributed by atoms with Gasteiger partial charge in [0, 0.05) is 0 Å². The van der Waals surface area contributed by atoms with Crippen LogP contribution in [0.5, 0.6) is 0 Å². The molecule has 2 aromatic rings. The van der Waals surface area contributed by atoms with Crippen LogP contribution >= 0.6 is 0 Å². The summed E-state index contributed by atoms with van der Waals surface area (Å²) in [7, 11) is 0. The third-order valence-corrected chi connectivity index (χ3v) is 26.9. The molecule has 1 unspecified atom stereocenters. The maximum absolute atomic E-state index is 4.46. The fourth-order valence-electron chi connectivity index (χ4n) is 7.06. The maximum atomic E-state index is 4.46. The van der Waals surface area contributed by atoms with Crippen LogP contribution in [0, 0.1) is 23.7 Å². The van der Waals surface area contributed by atoms with Crippen LogP contribution in [0.3, 0.4) is 0 Å². The number of benzene rings is 2. The molecule has 33 heavy (non-hydrogen) atoms. The Morgan fingerprint density at radius 2 is 1.21 bits per heavy atom. The Bertz CT molecular complexity index is 1000. The van der Waals surface area contributed by atoms with Crippen LogP contribution in [-0.4, -0.2) is 11.5 Å². The van der Waals surface area contributed by atoms with Crippen molar-refractivity contribution in [1.29, 1.82) is 0 Å². The third kappa shape index (κ3) is 4.39. The van der Waals surface area contributed by atoms with Gasteiger partial charge in [-0.2, -0.15) is 0 Å². The summed E-state index contributed by atoms with van der Waals surface area (Å²) in [6.07, 6.45) is 4.62.